The van der Waals surface area contributed by atoms with Gasteiger partial charge in [0.25, 0.3) is 0 Å². The van der Waals surface area contributed by atoms with Gasteiger partial charge in [0.2, 0.25) is 10.0 Å². The molecule has 0 amide bonds. The van der Waals surface area contributed by atoms with Crippen LogP contribution in [0.25, 0.3) is 0 Å². The van der Waals surface area contributed by atoms with Crippen LogP contribution in [0.15, 0.2) is 17.0 Å². The van der Waals surface area contributed by atoms with Crippen LogP contribution < -0.4 is 9.46 Å². The highest BCUT2D eigenvalue weighted by Crippen LogP contribution is 2.45. The number of rotatable bonds is 5. The highest BCUT2D eigenvalue weighted by Gasteiger charge is 2.41. The van der Waals surface area contributed by atoms with Gasteiger partial charge in [0.05, 0.1) is 12.0 Å². The lowest BCUT2D eigenvalue weighted by molar-refractivity contribution is 0.390. The second-order valence-electron chi connectivity index (χ2n) is 7.42. The maximum absolute atomic E-state index is 12.9. The molecule has 0 spiro atoms. The molecule has 3 atom stereocenters. The summed E-state index contributed by atoms with van der Waals surface area (Å²) >= 11 is 0. The fraction of sp³-hybridized carbons (Fsp3) is 0.667. The molecular weight excluding hydrogens is 310 g/mol. The molecule has 2 fully saturated rings. The Morgan fingerprint density at radius 3 is 2.48 bits per heavy atom. The first-order chi connectivity index (χ1) is 10.8. The number of fused-ring (bicyclic) bond motifs is 2. The Bertz CT molecular complexity index is 696. The van der Waals surface area contributed by atoms with Crippen molar-refractivity contribution in [3.8, 4) is 5.75 Å². The van der Waals surface area contributed by atoms with Gasteiger partial charge in [-0.15, -0.1) is 0 Å². The molecule has 2 aliphatic rings. The molecule has 2 saturated carbocycles. The average molecular weight is 337 g/mol. The minimum absolute atomic E-state index is 0.114. The van der Waals surface area contributed by atoms with E-state index in [1.54, 1.807) is 13.2 Å². The summed E-state index contributed by atoms with van der Waals surface area (Å²) in [6, 6.07) is 3.74. The van der Waals surface area contributed by atoms with Crippen molar-refractivity contribution < 1.29 is 13.2 Å². The van der Waals surface area contributed by atoms with Crippen LogP contribution in [0.3, 0.4) is 0 Å². The maximum atomic E-state index is 12.9. The smallest absolute Gasteiger partial charge is 0.241 e. The standard InChI is InChI=1S/C18H27NO3S/c1-11(2)15-10-18(12(3)7-17(15)22-4)23(20,21)19-16-9-13-5-6-14(16)8-13/h7,10-11,13-14,16,19H,5-6,8-9H2,1-4H3/t13-,14+,16+/m0/s1. The molecule has 1 aromatic rings. The minimum Gasteiger partial charge on any atom is -0.496 e. The summed E-state index contributed by atoms with van der Waals surface area (Å²) in [6.07, 6.45) is 4.61. The second kappa shape index (κ2) is 6.10. The molecule has 1 N–H and O–H groups in total. The third-order valence-electron chi connectivity index (χ3n) is 5.48. The Hall–Kier alpha value is -1.07. The molecule has 5 heteroatoms. The number of aryl methyl sites for hydroxylation is 1. The van der Waals surface area contributed by atoms with E-state index in [1.807, 2.05) is 26.8 Å². The van der Waals surface area contributed by atoms with Crippen LogP contribution in [0.5, 0.6) is 5.75 Å². The molecule has 0 aliphatic heterocycles. The van der Waals surface area contributed by atoms with Crippen molar-refractivity contribution in [3.05, 3.63) is 23.3 Å². The SMILES string of the molecule is COc1cc(C)c(S(=O)(=O)N[C@@H]2C[C@H]3CC[C@@H]2C3)cc1C(C)C. The van der Waals surface area contributed by atoms with E-state index >= 15 is 0 Å². The van der Waals surface area contributed by atoms with E-state index in [9.17, 15) is 8.42 Å². The van der Waals surface area contributed by atoms with E-state index in [-0.39, 0.29) is 12.0 Å². The quantitative estimate of drug-likeness (QED) is 0.893. The van der Waals surface area contributed by atoms with Gasteiger partial charge in [-0.3, -0.25) is 0 Å². The predicted molar refractivity (Wildman–Crippen MR) is 91.4 cm³/mol. The fourth-order valence-corrected chi connectivity index (χ4v) is 5.83. The molecule has 23 heavy (non-hydrogen) atoms. The first-order valence-electron chi connectivity index (χ1n) is 8.52. The van der Waals surface area contributed by atoms with Gasteiger partial charge in [0, 0.05) is 6.04 Å². The van der Waals surface area contributed by atoms with Crippen molar-refractivity contribution in [1.29, 1.82) is 0 Å². The summed E-state index contributed by atoms with van der Waals surface area (Å²) in [5, 5.41) is 0. The van der Waals surface area contributed by atoms with E-state index in [0.717, 1.165) is 35.6 Å². The van der Waals surface area contributed by atoms with Crippen LogP contribution >= 0.6 is 0 Å². The summed E-state index contributed by atoms with van der Waals surface area (Å²) in [6.45, 7) is 5.93. The van der Waals surface area contributed by atoms with Crippen molar-refractivity contribution in [3.63, 3.8) is 0 Å². The third kappa shape index (κ3) is 3.13. The number of nitrogens with one attached hydrogen (secondary N) is 1. The van der Waals surface area contributed by atoms with Crippen LogP contribution in [0, 0.1) is 18.8 Å². The highest BCUT2D eigenvalue weighted by molar-refractivity contribution is 7.89. The monoisotopic (exact) mass is 337 g/mol. The molecule has 2 aliphatic carbocycles. The van der Waals surface area contributed by atoms with Gasteiger partial charge in [-0.05, 0) is 67.2 Å². The van der Waals surface area contributed by atoms with Gasteiger partial charge >= 0.3 is 0 Å². The van der Waals surface area contributed by atoms with Crippen molar-refractivity contribution in [2.75, 3.05) is 7.11 Å². The van der Waals surface area contributed by atoms with E-state index in [1.165, 1.54) is 12.8 Å². The molecule has 0 aromatic heterocycles. The Kier molecular flexibility index (Phi) is 4.45. The Morgan fingerprint density at radius 1 is 1.22 bits per heavy atom. The number of hydrogen-bond donors (Lipinski definition) is 1. The van der Waals surface area contributed by atoms with Crippen molar-refractivity contribution >= 4 is 10.0 Å². The summed E-state index contributed by atoms with van der Waals surface area (Å²) in [4.78, 5) is 0.393. The largest absolute Gasteiger partial charge is 0.496 e. The zero-order valence-corrected chi connectivity index (χ0v) is 15.2. The molecule has 0 heterocycles. The Labute approximate surface area is 139 Å². The summed E-state index contributed by atoms with van der Waals surface area (Å²) < 4.78 is 34.2. The number of hydrogen-bond acceptors (Lipinski definition) is 3. The zero-order valence-electron chi connectivity index (χ0n) is 14.4. The first-order valence-corrected chi connectivity index (χ1v) is 10.0. The molecule has 0 saturated heterocycles. The molecule has 1 aromatic carbocycles. The zero-order chi connectivity index (χ0) is 16.8. The second-order valence-corrected chi connectivity index (χ2v) is 9.10. The molecule has 4 nitrogen and oxygen atoms in total. The normalized spacial score (nSPS) is 26.9. The van der Waals surface area contributed by atoms with E-state index in [2.05, 4.69) is 4.72 Å². The van der Waals surface area contributed by atoms with Gasteiger partial charge < -0.3 is 4.74 Å². The van der Waals surface area contributed by atoms with Crippen LogP contribution in [-0.2, 0) is 10.0 Å². The Balaban J connectivity index is 1.91. The van der Waals surface area contributed by atoms with Crippen molar-refractivity contribution in [2.24, 2.45) is 11.8 Å². The maximum Gasteiger partial charge on any atom is 0.241 e. The van der Waals surface area contributed by atoms with Gasteiger partial charge in [-0.25, -0.2) is 13.1 Å². The first kappa shape index (κ1) is 16.8. The molecule has 2 bridgehead atoms. The molecule has 128 valence electrons. The summed E-state index contributed by atoms with van der Waals surface area (Å²) in [5.74, 6) is 2.21. The Morgan fingerprint density at radius 2 is 1.96 bits per heavy atom. The van der Waals surface area contributed by atoms with E-state index < -0.39 is 10.0 Å². The summed E-state index contributed by atoms with van der Waals surface area (Å²) in [7, 11) is -1.86. The molecule has 0 radical (unpaired) electrons. The lowest BCUT2D eigenvalue weighted by atomic mass is 9.96. The van der Waals surface area contributed by atoms with Gasteiger partial charge in [0.1, 0.15) is 5.75 Å². The molecule has 0 unspecified atom stereocenters. The van der Waals surface area contributed by atoms with Crippen LogP contribution in [0.2, 0.25) is 0 Å². The van der Waals surface area contributed by atoms with Gasteiger partial charge in [-0.2, -0.15) is 0 Å². The highest BCUT2D eigenvalue weighted by atomic mass is 32.2. The van der Waals surface area contributed by atoms with Crippen LogP contribution in [0.1, 0.15) is 56.6 Å². The number of ether oxygens (including phenoxy) is 1. The molecule has 3 rings (SSSR count). The summed E-state index contributed by atoms with van der Waals surface area (Å²) in [5.41, 5.74) is 1.67. The fourth-order valence-electron chi connectivity index (χ4n) is 4.25. The predicted octanol–water partition coefficient (Wildman–Crippen LogP) is 3.59. The van der Waals surface area contributed by atoms with Crippen molar-refractivity contribution in [2.45, 2.75) is 63.3 Å². The molecular formula is C18H27NO3S. The van der Waals surface area contributed by atoms with Crippen LogP contribution in [0.4, 0.5) is 0 Å². The minimum atomic E-state index is -3.48. The topological polar surface area (TPSA) is 55.4 Å². The lowest BCUT2D eigenvalue weighted by Gasteiger charge is -2.24. The van der Waals surface area contributed by atoms with Gasteiger partial charge in [0.15, 0.2) is 0 Å². The van der Waals surface area contributed by atoms with E-state index in [0.29, 0.717) is 10.8 Å². The average Bonchev–Trinajstić information content (AvgIpc) is 3.08. The van der Waals surface area contributed by atoms with Gasteiger partial charge in [-0.1, -0.05) is 20.3 Å². The third-order valence-corrected chi connectivity index (χ3v) is 7.12. The van der Waals surface area contributed by atoms with Crippen LogP contribution in [-0.4, -0.2) is 21.6 Å². The van der Waals surface area contributed by atoms with Crippen molar-refractivity contribution in [1.82, 2.24) is 4.72 Å². The lowest BCUT2D eigenvalue weighted by Crippen LogP contribution is -2.38. The number of methoxy groups -OCH3 is 1. The van der Waals surface area contributed by atoms with E-state index in [4.69, 9.17) is 4.74 Å². The number of sulfonamides is 1. The number of benzene rings is 1.